The first-order valence-electron chi connectivity index (χ1n) is 10.0. The summed E-state index contributed by atoms with van der Waals surface area (Å²) in [5, 5.41) is 23.6. The molecule has 0 aliphatic carbocycles. The Balaban J connectivity index is 1.46. The highest BCUT2D eigenvalue weighted by molar-refractivity contribution is 8.02. The molecule has 20 heteroatoms. The van der Waals surface area contributed by atoms with Gasteiger partial charge in [0, 0.05) is 29.3 Å². The van der Waals surface area contributed by atoms with Gasteiger partial charge in [-0.15, -0.1) is 22.0 Å². The number of carbonyl (C=O) groups is 3. The van der Waals surface area contributed by atoms with Crippen LogP contribution in [0, 0.1) is 0 Å². The van der Waals surface area contributed by atoms with Crippen molar-refractivity contribution < 1.29 is 32.7 Å². The molecule has 4 heterocycles. The second-order valence-electron chi connectivity index (χ2n) is 7.52. The number of β-lactam (4-membered cyclic amide) rings is 1. The molecule has 4 N–H and O–H groups in total. The van der Waals surface area contributed by atoms with Gasteiger partial charge in [-0.3, -0.25) is 14.5 Å². The number of sulfone groups is 1. The molecule has 1 saturated heterocycles. The topological polar surface area (TPSA) is 220 Å². The molecule has 1 fully saturated rings. The van der Waals surface area contributed by atoms with Crippen LogP contribution >= 0.6 is 46.4 Å². The highest BCUT2D eigenvalue weighted by Gasteiger charge is 2.54. The van der Waals surface area contributed by atoms with Crippen molar-refractivity contribution >= 4 is 84.9 Å². The molecule has 2 aliphatic rings. The summed E-state index contributed by atoms with van der Waals surface area (Å²) in [5.74, 6) is -2.46. The average molecular weight is 607 g/mol. The van der Waals surface area contributed by atoms with Crippen molar-refractivity contribution in [3.63, 3.8) is 0 Å². The van der Waals surface area contributed by atoms with Crippen molar-refractivity contribution in [2.24, 2.45) is 5.16 Å². The zero-order valence-corrected chi connectivity index (χ0v) is 23.1. The molecule has 0 spiro atoms. The lowest BCUT2D eigenvalue weighted by atomic mass is 10.0. The monoisotopic (exact) mass is 606 g/mol. The summed E-state index contributed by atoms with van der Waals surface area (Å²) >= 11 is 4.45. The molecule has 4 rings (SSSR count). The van der Waals surface area contributed by atoms with Gasteiger partial charge in [0.2, 0.25) is 11.5 Å². The second kappa shape index (κ2) is 10.9. The molecule has 198 valence electrons. The maximum absolute atomic E-state index is 12.9. The molecule has 15 nitrogen and oxygen atoms in total. The lowest BCUT2D eigenvalue weighted by Gasteiger charge is -2.49. The van der Waals surface area contributed by atoms with Gasteiger partial charge in [0.05, 0.1) is 0 Å². The number of nitrogen functional groups attached to an aromatic ring is 1. The van der Waals surface area contributed by atoms with Gasteiger partial charge in [-0.1, -0.05) is 28.3 Å². The van der Waals surface area contributed by atoms with Crippen LogP contribution in [-0.2, 0) is 34.8 Å². The van der Waals surface area contributed by atoms with Crippen LogP contribution in [0.3, 0.4) is 0 Å². The average Bonchev–Trinajstić information content (AvgIpc) is 3.45. The van der Waals surface area contributed by atoms with Crippen LogP contribution in [0.2, 0.25) is 0 Å². The summed E-state index contributed by atoms with van der Waals surface area (Å²) in [5.41, 5.74) is 5.61. The number of amides is 2. The summed E-state index contributed by atoms with van der Waals surface area (Å²) in [7, 11) is -2.03. The van der Waals surface area contributed by atoms with E-state index in [1.807, 2.05) is 0 Å². The van der Waals surface area contributed by atoms with E-state index in [4.69, 9.17) is 10.6 Å². The maximum atomic E-state index is 12.9. The predicted octanol–water partition coefficient (Wildman–Crippen LogP) is -0.602. The number of carboxylic acid groups (broad SMARTS) is 1. The molecular weight excluding hydrogens is 589 g/mol. The van der Waals surface area contributed by atoms with E-state index in [0.29, 0.717) is 14.9 Å². The molecule has 2 atom stereocenters. The van der Waals surface area contributed by atoms with Crippen molar-refractivity contribution in [2.45, 2.75) is 21.5 Å². The number of rotatable bonds is 10. The number of aromatic nitrogens is 4. The van der Waals surface area contributed by atoms with Gasteiger partial charge in [0.1, 0.15) is 35.0 Å². The van der Waals surface area contributed by atoms with Gasteiger partial charge in [0.15, 0.2) is 19.3 Å². The van der Waals surface area contributed by atoms with Crippen LogP contribution in [0.15, 0.2) is 20.8 Å². The minimum atomic E-state index is -3.26. The quantitative estimate of drug-likeness (QED) is 0.133. The number of nitrogens with zero attached hydrogens (tertiary/aromatic N) is 6. The molecule has 0 bridgehead atoms. The predicted molar refractivity (Wildman–Crippen MR) is 137 cm³/mol. The number of nitrogens with two attached hydrogens (primary N) is 1. The number of thioether (sulfide) groups is 2. The Kier molecular flexibility index (Phi) is 8.02. The Morgan fingerprint density at radius 1 is 1.38 bits per heavy atom. The van der Waals surface area contributed by atoms with Crippen LogP contribution in [0.5, 0.6) is 0 Å². The fourth-order valence-electron chi connectivity index (χ4n) is 3.34. The van der Waals surface area contributed by atoms with Crippen molar-refractivity contribution in [2.75, 3.05) is 30.6 Å². The zero-order chi connectivity index (χ0) is 26.9. The zero-order valence-electron chi connectivity index (χ0n) is 19.0. The van der Waals surface area contributed by atoms with E-state index in [-0.39, 0.29) is 39.6 Å². The van der Waals surface area contributed by atoms with Gasteiger partial charge in [-0.2, -0.15) is 9.36 Å². The van der Waals surface area contributed by atoms with E-state index in [0.717, 1.165) is 34.0 Å². The van der Waals surface area contributed by atoms with E-state index in [1.165, 1.54) is 30.6 Å². The number of anilines is 1. The van der Waals surface area contributed by atoms with Crippen molar-refractivity contribution in [1.82, 2.24) is 29.8 Å². The molecule has 2 aliphatic heterocycles. The molecule has 2 aromatic rings. The first-order valence-corrected chi connectivity index (χ1v) is 15.7. The molecular formula is C17H18N8O7S5. The number of carbonyl (C=O) groups excluding carboxylic acids is 2. The van der Waals surface area contributed by atoms with Gasteiger partial charge < -0.3 is 21.0 Å². The number of hydrogen-bond donors (Lipinski definition) is 3. The lowest BCUT2D eigenvalue weighted by Crippen LogP contribution is -2.71. The standard InChI is InChI=1S/C17H18N8O7S5/c1-32-23-8(11-20-16(18)36-24-11)12(26)19-9-13(27)25-10(15(28)29)6(3-33-14(9)25)4-34-17-22-21-7(35-17)5-37(2,30)31/h9,14H,3-5H2,1-2H3,(H,19,26)(H,28,29)(H2,18,20,24)/t9?,14-/m0/s1. The van der Waals surface area contributed by atoms with E-state index in [2.05, 4.69) is 30.0 Å². The fourth-order valence-corrected chi connectivity index (χ4v) is 8.33. The Morgan fingerprint density at radius 3 is 2.76 bits per heavy atom. The number of carboxylic acids is 1. The largest absolute Gasteiger partial charge is 0.477 e. The smallest absolute Gasteiger partial charge is 0.352 e. The van der Waals surface area contributed by atoms with Crippen LogP contribution in [0.4, 0.5) is 5.13 Å². The second-order valence-corrected chi connectivity index (χ2v) is 13.8. The Bertz CT molecular complexity index is 1420. The van der Waals surface area contributed by atoms with Gasteiger partial charge in [-0.25, -0.2) is 13.2 Å². The lowest BCUT2D eigenvalue weighted by molar-refractivity contribution is -0.150. The minimum Gasteiger partial charge on any atom is -0.477 e. The SMILES string of the molecule is CON=C(C(=O)NC1C(=O)N2C(C(=O)O)=C(CSc3nnc(CS(C)(=O)=O)s3)CS[C@@H]12)c1nsc(N)n1. The minimum absolute atomic E-state index is 0.0661. The van der Waals surface area contributed by atoms with Crippen molar-refractivity contribution in [3.05, 3.63) is 22.1 Å². The van der Waals surface area contributed by atoms with Crippen molar-refractivity contribution in [3.8, 4) is 0 Å². The molecule has 37 heavy (non-hydrogen) atoms. The van der Waals surface area contributed by atoms with E-state index < -0.39 is 39.0 Å². The van der Waals surface area contributed by atoms with Crippen LogP contribution in [0.1, 0.15) is 10.8 Å². The normalized spacial score (nSPS) is 19.9. The Labute approximate surface area is 226 Å². The third kappa shape index (κ3) is 6.03. The van der Waals surface area contributed by atoms with E-state index >= 15 is 0 Å². The molecule has 0 saturated carbocycles. The third-order valence-electron chi connectivity index (χ3n) is 4.79. The molecule has 0 radical (unpaired) electrons. The molecule has 0 aromatic carbocycles. The molecule has 2 aromatic heterocycles. The summed E-state index contributed by atoms with van der Waals surface area (Å²) < 4.78 is 27.3. The highest BCUT2D eigenvalue weighted by Crippen LogP contribution is 2.41. The third-order valence-corrected chi connectivity index (χ3v) is 9.80. The van der Waals surface area contributed by atoms with Gasteiger partial charge >= 0.3 is 5.97 Å². The summed E-state index contributed by atoms with van der Waals surface area (Å²) in [4.78, 5) is 47.5. The molecule has 1 unspecified atom stereocenters. The molecule has 2 amide bonds. The summed E-state index contributed by atoms with van der Waals surface area (Å²) in [6.45, 7) is 0. The Hall–Kier alpha value is -2.81. The number of hydrogen-bond acceptors (Lipinski definition) is 16. The Morgan fingerprint density at radius 2 is 2.14 bits per heavy atom. The highest BCUT2D eigenvalue weighted by atomic mass is 32.2. The number of nitrogens with one attached hydrogen (secondary N) is 1. The van der Waals surface area contributed by atoms with Crippen molar-refractivity contribution in [1.29, 1.82) is 0 Å². The fraction of sp³-hybridized carbons (Fsp3) is 0.412. The summed E-state index contributed by atoms with van der Waals surface area (Å²) in [6, 6.07) is -0.999. The van der Waals surface area contributed by atoms with E-state index in [9.17, 15) is 27.9 Å². The summed E-state index contributed by atoms with van der Waals surface area (Å²) in [6.07, 6.45) is 1.09. The number of fused-ring (bicyclic) bond motifs is 1. The first kappa shape index (κ1) is 27.2. The number of oxime groups is 1. The van der Waals surface area contributed by atoms with Crippen LogP contribution in [0.25, 0.3) is 0 Å². The van der Waals surface area contributed by atoms with Gasteiger partial charge in [-0.05, 0) is 5.57 Å². The first-order chi connectivity index (χ1) is 17.5. The van der Waals surface area contributed by atoms with E-state index in [1.54, 1.807) is 0 Å². The van der Waals surface area contributed by atoms with Gasteiger partial charge in [0.25, 0.3) is 11.8 Å². The maximum Gasteiger partial charge on any atom is 0.352 e. The van der Waals surface area contributed by atoms with Crippen LogP contribution in [-0.4, -0.2) is 97.8 Å². The van der Waals surface area contributed by atoms with Crippen LogP contribution < -0.4 is 11.1 Å². The number of aliphatic carboxylic acids is 1.